The predicted octanol–water partition coefficient (Wildman–Crippen LogP) is 5.86. The first kappa shape index (κ1) is 22.8. The zero-order valence-corrected chi connectivity index (χ0v) is 19.6. The van der Waals surface area contributed by atoms with Crippen LogP contribution in [0.3, 0.4) is 0 Å². The van der Waals surface area contributed by atoms with Crippen molar-refractivity contribution in [1.82, 2.24) is 15.1 Å². The zero-order chi connectivity index (χ0) is 23.2. The second-order valence-corrected chi connectivity index (χ2v) is 8.62. The number of rotatable bonds is 7. The summed E-state index contributed by atoms with van der Waals surface area (Å²) in [6.07, 6.45) is 4.20. The van der Waals surface area contributed by atoms with Crippen LogP contribution in [0, 0.1) is 5.41 Å². The number of hydrogen-bond donors (Lipinski definition) is 2. The third-order valence-corrected chi connectivity index (χ3v) is 6.38. The van der Waals surface area contributed by atoms with Crippen molar-refractivity contribution in [2.75, 3.05) is 6.61 Å². The summed E-state index contributed by atoms with van der Waals surface area (Å²) in [5, 5.41) is 17.3. The highest BCUT2D eigenvalue weighted by Gasteiger charge is 2.20. The Bertz CT molecular complexity index is 1250. The maximum Gasteiger partial charge on any atom is 0.231 e. The van der Waals surface area contributed by atoms with Gasteiger partial charge in [0.2, 0.25) is 11.9 Å². The number of aromatic nitrogens is 2. The summed E-state index contributed by atoms with van der Waals surface area (Å²) in [5.41, 5.74) is 3.63. The van der Waals surface area contributed by atoms with Gasteiger partial charge < -0.3 is 4.74 Å². The molecule has 0 aliphatic heterocycles. The molecule has 2 N–H and O–H groups in total. The first-order valence-corrected chi connectivity index (χ1v) is 11.8. The van der Waals surface area contributed by atoms with Crippen molar-refractivity contribution in [3.63, 3.8) is 0 Å². The van der Waals surface area contributed by atoms with Crippen molar-refractivity contribution in [2.24, 2.45) is 0 Å². The maximum atomic E-state index is 12.9. The molecule has 0 saturated heterocycles. The molecule has 0 saturated carbocycles. The monoisotopic (exact) mass is 478 g/mol. The molecule has 0 aliphatic carbocycles. The molecule has 0 fully saturated rings. The van der Waals surface area contributed by atoms with Crippen LogP contribution in [0.15, 0.2) is 72.4 Å². The molecule has 2 heterocycles. The molecule has 0 atom stereocenters. The molecule has 1 amide bonds. The normalized spacial score (nSPS) is 10.7. The Morgan fingerprint density at radius 2 is 1.94 bits per heavy atom. The highest BCUT2D eigenvalue weighted by molar-refractivity contribution is 7.14. The molecule has 6 nitrogen and oxygen atoms in total. The quantitative estimate of drug-likeness (QED) is 0.258. The Morgan fingerprint density at radius 1 is 1.15 bits per heavy atom. The Labute approximate surface area is 201 Å². The number of benzene rings is 2. The summed E-state index contributed by atoms with van der Waals surface area (Å²) in [5.74, 6) is 0.417. The van der Waals surface area contributed by atoms with Crippen molar-refractivity contribution in [3.8, 4) is 27.3 Å². The van der Waals surface area contributed by atoms with Gasteiger partial charge in [-0.3, -0.25) is 15.5 Å². The molecule has 8 heteroatoms. The van der Waals surface area contributed by atoms with E-state index in [1.165, 1.54) is 4.68 Å². The Kier molecular flexibility index (Phi) is 7.22. The Morgan fingerprint density at radius 3 is 2.64 bits per heavy atom. The Balaban J connectivity index is 1.66. The number of carbonyl (C=O) groups is 1. The number of thiophene rings is 1. The van der Waals surface area contributed by atoms with E-state index in [1.807, 2.05) is 53.9 Å². The molecule has 2 aromatic heterocycles. The van der Waals surface area contributed by atoms with Crippen LogP contribution in [0.1, 0.15) is 18.9 Å². The van der Waals surface area contributed by atoms with E-state index in [4.69, 9.17) is 21.7 Å². The van der Waals surface area contributed by atoms with Gasteiger partial charge in [-0.1, -0.05) is 36.7 Å². The summed E-state index contributed by atoms with van der Waals surface area (Å²) in [6.45, 7) is 2.74. The zero-order valence-electron chi connectivity index (χ0n) is 18.0. The molecule has 33 heavy (non-hydrogen) atoms. The number of nitrogens with zero attached hydrogens (tertiary/aromatic N) is 2. The van der Waals surface area contributed by atoms with Gasteiger partial charge in [0.15, 0.2) is 0 Å². The van der Waals surface area contributed by atoms with E-state index >= 15 is 0 Å². The summed E-state index contributed by atoms with van der Waals surface area (Å²) in [7, 11) is 0. The van der Waals surface area contributed by atoms with Gasteiger partial charge in [0, 0.05) is 27.9 Å². The van der Waals surface area contributed by atoms with Gasteiger partial charge in [-0.25, -0.2) is 4.68 Å². The second kappa shape index (κ2) is 10.5. The predicted molar refractivity (Wildman–Crippen MR) is 133 cm³/mol. The minimum absolute atomic E-state index is 0.0944. The van der Waals surface area contributed by atoms with Gasteiger partial charge in [0.1, 0.15) is 5.75 Å². The fraction of sp³-hybridized carbons (Fsp3) is 0.160. The van der Waals surface area contributed by atoms with Crippen molar-refractivity contribution in [1.29, 1.82) is 5.41 Å². The number of carbonyl (C=O) groups excluding carboxylic acids is 1. The van der Waals surface area contributed by atoms with Crippen LogP contribution in [0.25, 0.3) is 21.6 Å². The average Bonchev–Trinajstić information content (AvgIpc) is 3.49. The highest BCUT2D eigenvalue weighted by Crippen LogP contribution is 2.41. The molecule has 2 aromatic carbocycles. The van der Waals surface area contributed by atoms with Gasteiger partial charge in [0.05, 0.1) is 13.0 Å². The first-order valence-electron chi connectivity index (χ1n) is 10.5. The van der Waals surface area contributed by atoms with Gasteiger partial charge in [-0.05, 0) is 64.9 Å². The van der Waals surface area contributed by atoms with Crippen LogP contribution in [0.4, 0.5) is 0 Å². The first-order chi connectivity index (χ1) is 16.1. The summed E-state index contributed by atoms with van der Waals surface area (Å²) in [6, 6.07) is 17.2. The van der Waals surface area contributed by atoms with Crippen LogP contribution in [-0.4, -0.2) is 28.3 Å². The lowest BCUT2D eigenvalue weighted by Crippen LogP contribution is -2.36. The number of amides is 1. The van der Waals surface area contributed by atoms with E-state index in [1.54, 1.807) is 29.8 Å². The standard InChI is InChI=1S/C25H23ClN4O2S/c1-2-14-32-18-10-8-17(9-11-18)24-20(15-23(31)29-25(27)30-13-5-12-28-30)21(16-33-24)19-6-3-4-7-22(19)26/h3-13,16H,2,14-15H2,1H3,(H2,27,29,31). The number of ether oxygens (including phenoxy) is 1. The van der Waals surface area contributed by atoms with E-state index in [0.29, 0.717) is 11.6 Å². The molecule has 168 valence electrons. The van der Waals surface area contributed by atoms with Gasteiger partial charge >= 0.3 is 0 Å². The summed E-state index contributed by atoms with van der Waals surface area (Å²) >= 11 is 8.05. The molecular weight excluding hydrogens is 456 g/mol. The Hall–Kier alpha value is -3.42. The van der Waals surface area contributed by atoms with Gasteiger partial charge in [-0.2, -0.15) is 5.10 Å². The fourth-order valence-corrected chi connectivity index (χ4v) is 4.76. The number of halogens is 1. The highest BCUT2D eigenvalue weighted by atomic mass is 35.5. The minimum atomic E-state index is -0.300. The van der Waals surface area contributed by atoms with Gasteiger partial charge in [-0.15, -0.1) is 11.3 Å². The van der Waals surface area contributed by atoms with Crippen LogP contribution >= 0.6 is 22.9 Å². The van der Waals surface area contributed by atoms with Gasteiger partial charge in [0.25, 0.3) is 0 Å². The van der Waals surface area contributed by atoms with Crippen LogP contribution < -0.4 is 10.1 Å². The van der Waals surface area contributed by atoms with Crippen molar-refractivity contribution in [3.05, 3.63) is 83.0 Å². The van der Waals surface area contributed by atoms with E-state index in [-0.39, 0.29) is 18.3 Å². The molecule has 0 radical (unpaired) electrons. The molecular formula is C25H23ClN4O2S. The topological polar surface area (TPSA) is 80.0 Å². The minimum Gasteiger partial charge on any atom is -0.494 e. The molecule has 0 aliphatic rings. The molecule has 0 unspecified atom stereocenters. The van der Waals surface area contributed by atoms with Crippen molar-refractivity contribution < 1.29 is 9.53 Å². The van der Waals surface area contributed by atoms with Crippen LogP contribution in [-0.2, 0) is 11.2 Å². The third-order valence-electron chi connectivity index (χ3n) is 4.98. The third kappa shape index (κ3) is 5.32. The van der Waals surface area contributed by atoms with Crippen molar-refractivity contribution in [2.45, 2.75) is 19.8 Å². The molecule has 4 rings (SSSR count). The van der Waals surface area contributed by atoms with Crippen molar-refractivity contribution >= 4 is 34.8 Å². The lowest BCUT2D eigenvalue weighted by atomic mass is 9.97. The molecule has 0 bridgehead atoms. The largest absolute Gasteiger partial charge is 0.494 e. The average molecular weight is 479 g/mol. The fourth-order valence-electron chi connectivity index (χ4n) is 3.42. The van der Waals surface area contributed by atoms with Crippen LogP contribution in [0.2, 0.25) is 5.02 Å². The summed E-state index contributed by atoms with van der Waals surface area (Å²) < 4.78 is 7.00. The van der Waals surface area contributed by atoms with E-state index < -0.39 is 0 Å². The maximum absolute atomic E-state index is 12.9. The van der Waals surface area contributed by atoms with E-state index in [9.17, 15) is 4.79 Å². The van der Waals surface area contributed by atoms with E-state index in [0.717, 1.165) is 39.3 Å². The van der Waals surface area contributed by atoms with E-state index in [2.05, 4.69) is 17.3 Å². The summed E-state index contributed by atoms with van der Waals surface area (Å²) in [4.78, 5) is 13.9. The lowest BCUT2D eigenvalue weighted by molar-refractivity contribution is -0.119. The lowest BCUT2D eigenvalue weighted by Gasteiger charge is -2.11. The second-order valence-electron chi connectivity index (χ2n) is 7.33. The smallest absolute Gasteiger partial charge is 0.231 e. The number of nitrogens with one attached hydrogen (secondary N) is 2. The number of hydrogen-bond acceptors (Lipinski definition) is 5. The molecule has 0 spiro atoms. The molecule has 4 aromatic rings. The van der Waals surface area contributed by atoms with Crippen LogP contribution in [0.5, 0.6) is 5.75 Å². The SMILES string of the molecule is CCCOc1ccc(-c2scc(-c3ccccc3Cl)c2CC(=O)NC(=N)n2cccn2)cc1.